The minimum absolute atomic E-state index is 0.0642. The molecular weight excluding hydrogens is 294 g/mol. The van der Waals surface area contributed by atoms with Crippen molar-refractivity contribution in [3.05, 3.63) is 11.8 Å². The molecule has 0 amide bonds. The van der Waals surface area contributed by atoms with Crippen LogP contribution in [0.4, 0.5) is 0 Å². The highest BCUT2D eigenvalue weighted by atomic mass is 32.2. The molecule has 1 aromatic heterocycles. The van der Waals surface area contributed by atoms with E-state index in [0.717, 1.165) is 19.3 Å². The molecule has 0 bridgehead atoms. The maximum atomic E-state index is 12.4. The minimum Gasteiger partial charge on any atom is -0.462 e. The van der Waals surface area contributed by atoms with Crippen molar-refractivity contribution in [3.8, 4) is 0 Å². The first-order valence-electron chi connectivity index (χ1n) is 7.20. The molecule has 2 rings (SSSR count). The van der Waals surface area contributed by atoms with Gasteiger partial charge in [-0.2, -0.15) is 5.10 Å². The highest BCUT2D eigenvalue weighted by Crippen LogP contribution is 2.34. The second-order valence-corrected chi connectivity index (χ2v) is 6.89. The Kier molecular flexibility index (Phi) is 5.00. The predicted octanol–water partition coefficient (Wildman–Crippen LogP) is 1.44. The van der Waals surface area contributed by atoms with E-state index < -0.39 is 16.0 Å². The maximum Gasteiger partial charge on any atom is 0.342 e. The van der Waals surface area contributed by atoms with E-state index >= 15 is 0 Å². The zero-order valence-corrected chi connectivity index (χ0v) is 13.1. The fraction of sp³-hybridized carbons (Fsp3) is 0.692. The standard InChI is InChI=1S/C13H21N3O4S/c1-3-10(7-9-5-6-9)16-21(18,19)12-11(8-14-15-12)13(17)20-4-2/h8-10,16H,3-7H2,1-2H3,(H,14,15). The van der Waals surface area contributed by atoms with Crippen molar-refractivity contribution >= 4 is 16.0 Å². The van der Waals surface area contributed by atoms with Gasteiger partial charge in [-0.1, -0.05) is 19.8 Å². The zero-order valence-electron chi connectivity index (χ0n) is 12.3. The lowest BCUT2D eigenvalue weighted by atomic mass is 10.1. The second kappa shape index (κ2) is 6.57. The number of rotatable bonds is 8. The van der Waals surface area contributed by atoms with Crippen LogP contribution in [-0.4, -0.2) is 37.2 Å². The van der Waals surface area contributed by atoms with Gasteiger partial charge in [-0.25, -0.2) is 17.9 Å². The van der Waals surface area contributed by atoms with Crippen LogP contribution in [0.15, 0.2) is 11.2 Å². The summed E-state index contributed by atoms with van der Waals surface area (Å²) < 4.78 is 32.3. The Hall–Kier alpha value is -1.41. The number of nitrogens with zero attached hydrogens (tertiary/aromatic N) is 1. The quantitative estimate of drug-likeness (QED) is 0.707. The average molecular weight is 315 g/mol. The average Bonchev–Trinajstić information content (AvgIpc) is 3.09. The van der Waals surface area contributed by atoms with Gasteiger partial charge in [-0.15, -0.1) is 0 Å². The van der Waals surface area contributed by atoms with Gasteiger partial charge in [0.2, 0.25) is 0 Å². The molecule has 0 aromatic carbocycles. The fourth-order valence-corrected chi connectivity index (χ4v) is 3.58. The van der Waals surface area contributed by atoms with Crippen LogP contribution in [0.1, 0.15) is 49.9 Å². The third-order valence-corrected chi connectivity index (χ3v) is 4.99. The third-order valence-electron chi connectivity index (χ3n) is 3.50. The summed E-state index contributed by atoms with van der Waals surface area (Å²) in [5.41, 5.74) is -0.0642. The number of nitrogens with one attached hydrogen (secondary N) is 2. The Balaban J connectivity index is 2.14. The van der Waals surface area contributed by atoms with Gasteiger partial charge in [0.05, 0.1) is 12.8 Å². The SMILES string of the molecule is CCOC(=O)c1cn[nH]c1S(=O)(=O)NC(CC)CC1CC1. The van der Waals surface area contributed by atoms with E-state index in [1.165, 1.54) is 6.20 Å². The van der Waals surface area contributed by atoms with Gasteiger partial charge >= 0.3 is 5.97 Å². The summed E-state index contributed by atoms with van der Waals surface area (Å²) in [6.07, 6.45) is 5.04. The van der Waals surface area contributed by atoms with E-state index in [4.69, 9.17) is 4.74 Å². The molecule has 8 heteroatoms. The first-order valence-corrected chi connectivity index (χ1v) is 8.69. The van der Waals surface area contributed by atoms with Crippen LogP contribution >= 0.6 is 0 Å². The smallest absolute Gasteiger partial charge is 0.342 e. The van der Waals surface area contributed by atoms with Crippen LogP contribution in [0.25, 0.3) is 0 Å². The van der Waals surface area contributed by atoms with E-state index in [0.29, 0.717) is 12.3 Å². The molecule has 1 atom stereocenters. The summed E-state index contributed by atoms with van der Waals surface area (Å²) >= 11 is 0. The Morgan fingerprint density at radius 3 is 2.81 bits per heavy atom. The first-order chi connectivity index (χ1) is 9.97. The largest absolute Gasteiger partial charge is 0.462 e. The fourth-order valence-electron chi connectivity index (χ4n) is 2.17. The lowest BCUT2D eigenvalue weighted by Gasteiger charge is -2.16. The van der Waals surface area contributed by atoms with Crippen LogP contribution in [0.3, 0.4) is 0 Å². The Morgan fingerprint density at radius 1 is 1.52 bits per heavy atom. The van der Waals surface area contributed by atoms with Crippen molar-refractivity contribution in [1.29, 1.82) is 0 Å². The molecule has 0 spiro atoms. The molecule has 0 saturated heterocycles. The molecule has 2 N–H and O–H groups in total. The molecule has 1 unspecified atom stereocenters. The minimum atomic E-state index is -3.81. The monoisotopic (exact) mass is 315 g/mol. The van der Waals surface area contributed by atoms with Crippen LogP contribution < -0.4 is 4.72 Å². The maximum absolute atomic E-state index is 12.4. The molecule has 1 saturated carbocycles. The summed E-state index contributed by atoms with van der Waals surface area (Å²) in [6.45, 7) is 3.78. The molecule has 1 fully saturated rings. The number of ether oxygens (including phenoxy) is 1. The highest BCUT2D eigenvalue weighted by molar-refractivity contribution is 7.89. The van der Waals surface area contributed by atoms with Crippen molar-refractivity contribution in [2.24, 2.45) is 5.92 Å². The van der Waals surface area contributed by atoms with Crippen molar-refractivity contribution in [2.75, 3.05) is 6.61 Å². The van der Waals surface area contributed by atoms with Gasteiger partial charge in [-0.3, -0.25) is 5.10 Å². The number of aromatic nitrogens is 2. The Morgan fingerprint density at radius 2 is 2.24 bits per heavy atom. The third kappa shape index (κ3) is 4.04. The number of carbonyl (C=O) groups is 1. The number of carbonyl (C=O) groups excluding carboxylic acids is 1. The van der Waals surface area contributed by atoms with E-state index in [2.05, 4.69) is 14.9 Å². The van der Waals surface area contributed by atoms with Crippen LogP contribution in [0.2, 0.25) is 0 Å². The summed E-state index contributed by atoms with van der Waals surface area (Å²) in [7, 11) is -3.81. The lowest BCUT2D eigenvalue weighted by molar-refractivity contribution is 0.0522. The van der Waals surface area contributed by atoms with Gasteiger partial charge in [-0.05, 0) is 25.7 Å². The summed E-state index contributed by atoms with van der Waals surface area (Å²) in [6, 6.07) is -0.124. The summed E-state index contributed by atoms with van der Waals surface area (Å²) in [5.74, 6) is -0.0780. The number of esters is 1. The predicted molar refractivity (Wildman–Crippen MR) is 76.3 cm³/mol. The molecule has 0 aliphatic heterocycles. The summed E-state index contributed by atoms with van der Waals surface area (Å²) in [4.78, 5) is 11.7. The van der Waals surface area contributed by atoms with E-state index in [-0.39, 0.29) is 23.2 Å². The van der Waals surface area contributed by atoms with Gasteiger partial charge in [0.25, 0.3) is 10.0 Å². The number of hydrogen-bond donors (Lipinski definition) is 2. The van der Waals surface area contributed by atoms with Gasteiger partial charge in [0.1, 0.15) is 5.56 Å². The number of sulfonamides is 1. The molecule has 1 heterocycles. The van der Waals surface area contributed by atoms with Crippen molar-refractivity contribution in [2.45, 2.75) is 50.6 Å². The van der Waals surface area contributed by atoms with E-state index in [1.807, 2.05) is 6.92 Å². The van der Waals surface area contributed by atoms with Gasteiger partial charge < -0.3 is 4.74 Å². The van der Waals surface area contributed by atoms with Crippen LogP contribution in [0, 0.1) is 5.92 Å². The van der Waals surface area contributed by atoms with Crippen molar-refractivity contribution < 1.29 is 17.9 Å². The van der Waals surface area contributed by atoms with E-state index in [9.17, 15) is 13.2 Å². The van der Waals surface area contributed by atoms with Gasteiger partial charge in [0, 0.05) is 6.04 Å². The molecule has 7 nitrogen and oxygen atoms in total. The van der Waals surface area contributed by atoms with Crippen LogP contribution in [-0.2, 0) is 14.8 Å². The number of aromatic amines is 1. The number of H-pyrrole nitrogens is 1. The summed E-state index contributed by atoms with van der Waals surface area (Å²) in [5, 5.41) is 5.81. The molecule has 1 aliphatic carbocycles. The van der Waals surface area contributed by atoms with Crippen molar-refractivity contribution in [1.82, 2.24) is 14.9 Å². The topological polar surface area (TPSA) is 101 Å². The number of hydrogen-bond acceptors (Lipinski definition) is 5. The molecular formula is C13H21N3O4S. The molecule has 21 heavy (non-hydrogen) atoms. The Bertz CT molecular complexity index is 592. The molecule has 118 valence electrons. The Labute approximate surface area is 124 Å². The normalized spacial score (nSPS) is 16.7. The van der Waals surface area contributed by atoms with E-state index in [1.54, 1.807) is 6.92 Å². The lowest BCUT2D eigenvalue weighted by Crippen LogP contribution is -2.35. The second-order valence-electron chi connectivity index (χ2n) is 5.24. The van der Waals surface area contributed by atoms with Crippen LogP contribution in [0.5, 0.6) is 0 Å². The molecule has 0 radical (unpaired) electrons. The van der Waals surface area contributed by atoms with Crippen molar-refractivity contribution in [3.63, 3.8) is 0 Å². The molecule has 1 aliphatic rings. The highest BCUT2D eigenvalue weighted by Gasteiger charge is 2.30. The molecule has 1 aromatic rings. The first kappa shape index (κ1) is 16.0. The zero-order chi connectivity index (χ0) is 15.5. The van der Waals surface area contributed by atoms with Gasteiger partial charge in [0.15, 0.2) is 5.03 Å².